The molecular weight excluding hydrogens is 215 g/mol. The largest absolute Gasteiger partial charge is 0.399 e. The molecule has 0 aliphatic heterocycles. The number of nitrogens with zero attached hydrogens (tertiary/aromatic N) is 1. The predicted molar refractivity (Wildman–Crippen MR) is 57.3 cm³/mol. The molecule has 0 bridgehead atoms. The molecule has 1 fully saturated rings. The van der Waals surface area contributed by atoms with Gasteiger partial charge in [-0.15, -0.1) is 0 Å². The summed E-state index contributed by atoms with van der Waals surface area (Å²) in [4.78, 5) is 3.82. The molecule has 0 spiro atoms. The quantitative estimate of drug-likeness (QED) is 0.711. The average Bonchev–Trinajstić information content (AvgIpc) is 3.00. The molecule has 0 aromatic carbocycles. The molecule has 1 aliphatic rings. The van der Waals surface area contributed by atoms with Gasteiger partial charge in [0.25, 0.3) is 0 Å². The molecule has 0 amide bonds. The van der Waals surface area contributed by atoms with Gasteiger partial charge in [0.2, 0.25) is 0 Å². The van der Waals surface area contributed by atoms with Gasteiger partial charge >= 0.3 is 6.18 Å². The molecule has 2 rings (SSSR count). The van der Waals surface area contributed by atoms with Crippen LogP contribution < -0.4 is 0 Å². The molecular formula is C12H16F3N. The van der Waals surface area contributed by atoms with Crippen molar-refractivity contribution in [3.8, 4) is 0 Å². The molecule has 1 saturated carbocycles. The third kappa shape index (κ3) is 2.20. The summed E-state index contributed by atoms with van der Waals surface area (Å²) in [5, 5.41) is 0. The predicted octanol–water partition coefficient (Wildman–Crippen LogP) is 4.01. The van der Waals surface area contributed by atoms with E-state index in [2.05, 4.69) is 4.98 Å². The highest BCUT2D eigenvalue weighted by molar-refractivity contribution is 5.30. The fourth-order valence-corrected chi connectivity index (χ4v) is 1.61. The van der Waals surface area contributed by atoms with Crippen LogP contribution in [-0.4, -0.2) is 11.2 Å². The number of alkyl halides is 3. The van der Waals surface area contributed by atoms with Gasteiger partial charge in [0.05, 0.1) is 5.69 Å². The van der Waals surface area contributed by atoms with Crippen LogP contribution in [0, 0.1) is 6.92 Å². The van der Waals surface area contributed by atoms with E-state index in [1.165, 1.54) is 12.3 Å². The molecule has 0 atom stereocenters. The second-order valence-electron chi connectivity index (χ2n) is 3.80. The number of aromatic nitrogens is 1. The van der Waals surface area contributed by atoms with Crippen LogP contribution in [0.4, 0.5) is 13.2 Å². The molecule has 0 saturated heterocycles. The zero-order chi connectivity index (χ0) is 12.4. The highest BCUT2D eigenvalue weighted by atomic mass is 19.4. The number of rotatable bonds is 1. The van der Waals surface area contributed by atoms with Crippen LogP contribution in [0.2, 0.25) is 0 Å². The maximum atomic E-state index is 12.7. The Morgan fingerprint density at radius 3 is 2.19 bits per heavy atom. The third-order valence-electron chi connectivity index (χ3n) is 2.70. The normalized spacial score (nSPS) is 17.4. The molecule has 0 N–H and O–H groups in total. The Hall–Kier alpha value is -1.06. The number of pyridine rings is 1. The van der Waals surface area contributed by atoms with Crippen LogP contribution in [0.25, 0.3) is 0 Å². The molecule has 1 aliphatic carbocycles. The van der Waals surface area contributed by atoms with Gasteiger partial charge < -0.3 is 0 Å². The second kappa shape index (κ2) is 4.44. The Kier molecular flexibility index (Phi) is 3.61. The molecule has 1 aromatic rings. The minimum absolute atomic E-state index is 0.171. The summed E-state index contributed by atoms with van der Waals surface area (Å²) in [5.74, 6) is 0. The van der Waals surface area contributed by atoms with Crippen LogP contribution in [-0.2, 0) is 5.41 Å². The van der Waals surface area contributed by atoms with Crippen molar-refractivity contribution in [1.29, 1.82) is 0 Å². The van der Waals surface area contributed by atoms with Gasteiger partial charge in [-0.3, -0.25) is 4.98 Å². The Balaban J connectivity index is 0.000000606. The average molecular weight is 231 g/mol. The van der Waals surface area contributed by atoms with Gasteiger partial charge in [-0.2, -0.15) is 13.2 Å². The Morgan fingerprint density at radius 1 is 1.25 bits per heavy atom. The number of hydrogen-bond acceptors (Lipinski definition) is 1. The summed E-state index contributed by atoms with van der Waals surface area (Å²) in [6.07, 6.45) is -2.37. The SMILES string of the molecule is CC.Cc1ccnc(C2(C(F)(F)F)CC2)c1. The minimum atomic E-state index is -4.16. The van der Waals surface area contributed by atoms with Gasteiger partial charge in [0.15, 0.2) is 0 Å². The monoisotopic (exact) mass is 231 g/mol. The van der Waals surface area contributed by atoms with E-state index in [-0.39, 0.29) is 18.5 Å². The summed E-state index contributed by atoms with van der Waals surface area (Å²) in [7, 11) is 0. The smallest absolute Gasteiger partial charge is 0.260 e. The molecule has 1 heterocycles. The molecule has 0 unspecified atom stereocenters. The minimum Gasteiger partial charge on any atom is -0.260 e. The maximum absolute atomic E-state index is 12.7. The number of halogens is 3. The van der Waals surface area contributed by atoms with Gasteiger partial charge in [0.1, 0.15) is 5.41 Å². The first-order valence-corrected chi connectivity index (χ1v) is 5.46. The standard InChI is InChI=1S/C10H10F3N.C2H6/c1-7-2-5-14-8(6-7)9(3-4-9)10(11,12)13;1-2/h2,5-6H,3-4H2,1H3;1-2H3. The summed E-state index contributed by atoms with van der Waals surface area (Å²) in [5.41, 5.74) is -0.644. The van der Waals surface area contributed by atoms with Crippen molar-refractivity contribution in [3.05, 3.63) is 29.6 Å². The van der Waals surface area contributed by atoms with Crippen LogP contribution in [0.1, 0.15) is 37.9 Å². The van der Waals surface area contributed by atoms with Crippen LogP contribution in [0.3, 0.4) is 0 Å². The molecule has 1 nitrogen and oxygen atoms in total. The number of hydrogen-bond donors (Lipinski definition) is 0. The zero-order valence-electron chi connectivity index (χ0n) is 9.73. The Bertz CT molecular complexity index is 354. The first kappa shape index (κ1) is 13.0. The summed E-state index contributed by atoms with van der Waals surface area (Å²) >= 11 is 0. The molecule has 90 valence electrons. The van der Waals surface area contributed by atoms with Gasteiger partial charge in [-0.1, -0.05) is 13.8 Å². The fourth-order valence-electron chi connectivity index (χ4n) is 1.61. The van der Waals surface area contributed by atoms with Gasteiger partial charge in [-0.05, 0) is 37.5 Å². The van der Waals surface area contributed by atoms with Crippen molar-refractivity contribution in [2.45, 2.75) is 45.2 Å². The van der Waals surface area contributed by atoms with Crippen molar-refractivity contribution >= 4 is 0 Å². The van der Waals surface area contributed by atoms with E-state index in [0.717, 1.165) is 5.56 Å². The lowest BCUT2D eigenvalue weighted by molar-refractivity contribution is -0.161. The lowest BCUT2D eigenvalue weighted by Gasteiger charge is -2.18. The number of aryl methyl sites for hydroxylation is 1. The first-order valence-electron chi connectivity index (χ1n) is 5.46. The molecule has 1 aromatic heterocycles. The van der Waals surface area contributed by atoms with E-state index < -0.39 is 11.6 Å². The summed E-state index contributed by atoms with van der Waals surface area (Å²) in [6.45, 7) is 5.78. The first-order chi connectivity index (χ1) is 7.46. The second-order valence-corrected chi connectivity index (χ2v) is 3.80. The van der Waals surface area contributed by atoms with Crippen LogP contribution in [0.5, 0.6) is 0 Å². The van der Waals surface area contributed by atoms with Gasteiger partial charge in [0, 0.05) is 6.20 Å². The van der Waals surface area contributed by atoms with E-state index in [9.17, 15) is 13.2 Å². The highest BCUT2D eigenvalue weighted by Crippen LogP contribution is 2.58. The molecule has 4 heteroatoms. The summed E-state index contributed by atoms with van der Waals surface area (Å²) in [6, 6.07) is 3.23. The van der Waals surface area contributed by atoms with E-state index in [1.807, 2.05) is 13.8 Å². The third-order valence-corrected chi connectivity index (χ3v) is 2.70. The van der Waals surface area contributed by atoms with Crippen molar-refractivity contribution in [3.63, 3.8) is 0 Å². The van der Waals surface area contributed by atoms with E-state index in [4.69, 9.17) is 0 Å². The lowest BCUT2D eigenvalue weighted by Crippen LogP contribution is -2.29. The van der Waals surface area contributed by atoms with Crippen molar-refractivity contribution < 1.29 is 13.2 Å². The lowest BCUT2D eigenvalue weighted by atomic mass is 10.00. The van der Waals surface area contributed by atoms with Crippen molar-refractivity contribution in [2.24, 2.45) is 0 Å². The topological polar surface area (TPSA) is 12.9 Å². The van der Waals surface area contributed by atoms with Crippen molar-refractivity contribution in [1.82, 2.24) is 4.98 Å². The fraction of sp³-hybridized carbons (Fsp3) is 0.583. The Morgan fingerprint density at radius 2 is 1.81 bits per heavy atom. The highest BCUT2D eigenvalue weighted by Gasteiger charge is 2.65. The molecule has 0 radical (unpaired) electrons. The maximum Gasteiger partial charge on any atom is 0.399 e. The Labute approximate surface area is 93.7 Å². The zero-order valence-corrected chi connectivity index (χ0v) is 9.73. The van der Waals surface area contributed by atoms with E-state index in [0.29, 0.717) is 0 Å². The summed E-state index contributed by atoms with van der Waals surface area (Å²) < 4.78 is 38.0. The van der Waals surface area contributed by atoms with Crippen LogP contribution in [0.15, 0.2) is 18.3 Å². The van der Waals surface area contributed by atoms with E-state index >= 15 is 0 Å². The van der Waals surface area contributed by atoms with Crippen LogP contribution >= 0.6 is 0 Å². The molecule has 16 heavy (non-hydrogen) atoms. The van der Waals surface area contributed by atoms with Crippen molar-refractivity contribution in [2.75, 3.05) is 0 Å². The van der Waals surface area contributed by atoms with Gasteiger partial charge in [-0.25, -0.2) is 0 Å². The van der Waals surface area contributed by atoms with E-state index in [1.54, 1.807) is 13.0 Å².